The van der Waals surface area contributed by atoms with Crippen molar-refractivity contribution in [2.24, 2.45) is 0 Å². The summed E-state index contributed by atoms with van der Waals surface area (Å²) in [7, 11) is 0. The fraction of sp³-hybridized carbons (Fsp3) is 0.200. The van der Waals surface area contributed by atoms with Crippen LogP contribution in [0.25, 0.3) is 0 Å². The Morgan fingerprint density at radius 3 is 2.07 bits per heavy atom. The average Bonchev–Trinajstić information content (AvgIpc) is 2.71. The molecule has 0 atom stereocenters. The third-order valence-electron chi connectivity index (χ3n) is 4.00. The SMILES string of the molecule is CCCCOc1ccc(Nc2ncnc(Nc3ccc(Br)cc3)c2[N+](=O)[O-])cc1. The largest absolute Gasteiger partial charge is 0.494 e. The number of benzene rings is 2. The smallest absolute Gasteiger partial charge is 0.353 e. The maximum Gasteiger partial charge on any atom is 0.353 e. The van der Waals surface area contributed by atoms with Crippen molar-refractivity contribution in [1.82, 2.24) is 9.97 Å². The molecule has 150 valence electrons. The lowest BCUT2D eigenvalue weighted by molar-refractivity contribution is -0.383. The zero-order valence-corrected chi connectivity index (χ0v) is 17.3. The van der Waals surface area contributed by atoms with Crippen LogP contribution >= 0.6 is 15.9 Å². The van der Waals surface area contributed by atoms with Crippen molar-refractivity contribution >= 4 is 44.6 Å². The first kappa shape index (κ1) is 20.5. The molecule has 0 aliphatic rings. The van der Waals surface area contributed by atoms with Gasteiger partial charge in [-0.05, 0) is 55.0 Å². The van der Waals surface area contributed by atoms with Crippen molar-refractivity contribution in [2.75, 3.05) is 17.2 Å². The summed E-state index contributed by atoms with van der Waals surface area (Å²) in [5.74, 6) is 0.956. The van der Waals surface area contributed by atoms with Gasteiger partial charge in [-0.3, -0.25) is 10.1 Å². The van der Waals surface area contributed by atoms with Gasteiger partial charge in [0.1, 0.15) is 12.1 Å². The molecule has 0 saturated carbocycles. The predicted octanol–water partition coefficient (Wildman–Crippen LogP) is 5.81. The van der Waals surface area contributed by atoms with Crippen LogP contribution in [0, 0.1) is 10.1 Å². The van der Waals surface area contributed by atoms with E-state index in [1.165, 1.54) is 6.33 Å². The lowest BCUT2D eigenvalue weighted by atomic mass is 10.3. The number of nitrogens with zero attached hydrogens (tertiary/aromatic N) is 3. The van der Waals surface area contributed by atoms with E-state index in [4.69, 9.17) is 4.74 Å². The molecule has 0 bridgehead atoms. The molecule has 2 N–H and O–H groups in total. The molecule has 8 nitrogen and oxygen atoms in total. The molecule has 3 rings (SSSR count). The van der Waals surface area contributed by atoms with Gasteiger partial charge in [-0.15, -0.1) is 0 Å². The van der Waals surface area contributed by atoms with Crippen LogP contribution in [0.15, 0.2) is 59.3 Å². The van der Waals surface area contributed by atoms with E-state index in [1.807, 2.05) is 24.3 Å². The third kappa shape index (κ3) is 5.64. The van der Waals surface area contributed by atoms with Gasteiger partial charge >= 0.3 is 5.69 Å². The number of ether oxygens (including phenoxy) is 1. The molecule has 0 spiro atoms. The molecular formula is C20H20BrN5O3. The molecule has 9 heteroatoms. The summed E-state index contributed by atoms with van der Waals surface area (Å²) in [5, 5.41) is 17.7. The highest BCUT2D eigenvalue weighted by atomic mass is 79.9. The van der Waals surface area contributed by atoms with E-state index in [0.717, 1.165) is 23.1 Å². The lowest BCUT2D eigenvalue weighted by Crippen LogP contribution is -2.05. The highest BCUT2D eigenvalue weighted by Gasteiger charge is 2.23. The van der Waals surface area contributed by atoms with Crippen LogP contribution in [0.5, 0.6) is 5.75 Å². The van der Waals surface area contributed by atoms with Crippen molar-refractivity contribution < 1.29 is 9.66 Å². The first-order valence-electron chi connectivity index (χ1n) is 9.08. The van der Waals surface area contributed by atoms with Crippen LogP contribution in [-0.4, -0.2) is 21.5 Å². The highest BCUT2D eigenvalue weighted by molar-refractivity contribution is 9.10. The summed E-state index contributed by atoms with van der Waals surface area (Å²) in [6.45, 7) is 2.76. The standard InChI is InChI=1S/C20H20BrN5O3/c1-2-3-12-29-17-10-8-16(9-11-17)25-20-18(26(27)28)19(22-13-23-20)24-15-6-4-14(21)5-7-15/h4-11,13H,2-3,12H2,1H3,(H2,22,23,24,25). The molecule has 0 amide bonds. The van der Waals surface area contributed by atoms with Gasteiger partial charge in [0.25, 0.3) is 0 Å². The fourth-order valence-corrected chi connectivity index (χ4v) is 2.77. The minimum atomic E-state index is -0.508. The number of nitrogens with one attached hydrogen (secondary N) is 2. The van der Waals surface area contributed by atoms with Gasteiger partial charge in [-0.25, -0.2) is 9.97 Å². The zero-order valence-electron chi connectivity index (χ0n) is 15.8. The van der Waals surface area contributed by atoms with Crippen LogP contribution in [0.2, 0.25) is 0 Å². The maximum absolute atomic E-state index is 11.7. The molecule has 0 fully saturated rings. The second-order valence-electron chi connectivity index (χ2n) is 6.16. The molecule has 0 saturated heterocycles. The number of rotatable bonds is 9. The Bertz CT molecular complexity index is 965. The van der Waals surface area contributed by atoms with Crippen LogP contribution in [0.4, 0.5) is 28.7 Å². The van der Waals surface area contributed by atoms with Crippen LogP contribution in [0.1, 0.15) is 19.8 Å². The van der Waals surface area contributed by atoms with Gasteiger partial charge in [0, 0.05) is 15.8 Å². The van der Waals surface area contributed by atoms with E-state index in [1.54, 1.807) is 24.3 Å². The van der Waals surface area contributed by atoms with E-state index in [-0.39, 0.29) is 17.3 Å². The Balaban J connectivity index is 1.80. The fourth-order valence-electron chi connectivity index (χ4n) is 2.51. The summed E-state index contributed by atoms with van der Waals surface area (Å²) in [6, 6.07) is 14.4. The van der Waals surface area contributed by atoms with Crippen LogP contribution in [0.3, 0.4) is 0 Å². The Kier molecular flexibility index (Phi) is 6.96. The highest BCUT2D eigenvalue weighted by Crippen LogP contribution is 2.33. The number of anilines is 4. The molecule has 0 aliphatic heterocycles. The molecule has 0 unspecified atom stereocenters. The van der Waals surface area contributed by atoms with Gasteiger partial charge in [-0.1, -0.05) is 29.3 Å². The Hall–Kier alpha value is -3.20. The summed E-state index contributed by atoms with van der Waals surface area (Å²) in [5.41, 5.74) is 1.09. The summed E-state index contributed by atoms with van der Waals surface area (Å²) in [6.07, 6.45) is 3.33. The van der Waals surface area contributed by atoms with Crippen molar-refractivity contribution in [3.63, 3.8) is 0 Å². The topological polar surface area (TPSA) is 102 Å². The van der Waals surface area contributed by atoms with E-state index in [9.17, 15) is 10.1 Å². The third-order valence-corrected chi connectivity index (χ3v) is 4.52. The van der Waals surface area contributed by atoms with Crippen LogP contribution < -0.4 is 15.4 Å². The normalized spacial score (nSPS) is 10.4. The van der Waals surface area contributed by atoms with Gasteiger partial charge in [-0.2, -0.15) is 0 Å². The number of unbranched alkanes of at least 4 members (excludes halogenated alkanes) is 1. The van der Waals surface area contributed by atoms with E-state index < -0.39 is 4.92 Å². The van der Waals surface area contributed by atoms with Gasteiger partial charge in [0.15, 0.2) is 0 Å². The minimum absolute atomic E-state index is 0.101. The summed E-state index contributed by atoms with van der Waals surface area (Å²) in [4.78, 5) is 19.3. The number of aromatic nitrogens is 2. The molecule has 29 heavy (non-hydrogen) atoms. The lowest BCUT2D eigenvalue weighted by Gasteiger charge is -2.11. The van der Waals surface area contributed by atoms with Gasteiger partial charge < -0.3 is 15.4 Å². The zero-order chi connectivity index (χ0) is 20.6. The molecular weight excluding hydrogens is 438 g/mol. The van der Waals surface area contributed by atoms with Crippen molar-refractivity contribution in [2.45, 2.75) is 19.8 Å². The van der Waals surface area contributed by atoms with Crippen molar-refractivity contribution in [1.29, 1.82) is 0 Å². The second-order valence-corrected chi connectivity index (χ2v) is 7.08. The Morgan fingerprint density at radius 1 is 1.00 bits per heavy atom. The Labute approximate surface area is 176 Å². The van der Waals surface area contributed by atoms with Gasteiger partial charge in [0.05, 0.1) is 11.5 Å². The predicted molar refractivity (Wildman–Crippen MR) is 116 cm³/mol. The van der Waals surface area contributed by atoms with Crippen LogP contribution in [-0.2, 0) is 0 Å². The summed E-state index contributed by atoms with van der Waals surface area (Å²) < 4.78 is 6.54. The Morgan fingerprint density at radius 2 is 1.55 bits per heavy atom. The van der Waals surface area contributed by atoms with Crippen molar-refractivity contribution in [3.05, 3.63) is 69.4 Å². The van der Waals surface area contributed by atoms with Crippen molar-refractivity contribution in [3.8, 4) is 5.75 Å². The minimum Gasteiger partial charge on any atom is -0.494 e. The molecule has 1 aromatic heterocycles. The monoisotopic (exact) mass is 457 g/mol. The number of halogens is 1. The molecule has 0 radical (unpaired) electrons. The number of hydrogen-bond acceptors (Lipinski definition) is 7. The molecule has 2 aromatic carbocycles. The van der Waals surface area contributed by atoms with E-state index in [2.05, 4.69) is 43.5 Å². The van der Waals surface area contributed by atoms with E-state index in [0.29, 0.717) is 18.0 Å². The maximum atomic E-state index is 11.7. The van der Waals surface area contributed by atoms with E-state index >= 15 is 0 Å². The first-order valence-corrected chi connectivity index (χ1v) is 9.88. The number of nitro groups is 1. The second kappa shape index (κ2) is 9.83. The first-order chi connectivity index (χ1) is 14.1. The van der Waals surface area contributed by atoms with Gasteiger partial charge in [0.2, 0.25) is 11.6 Å². The molecule has 3 aromatic rings. The summed E-state index contributed by atoms with van der Waals surface area (Å²) >= 11 is 3.36. The molecule has 1 heterocycles. The molecule has 0 aliphatic carbocycles. The number of hydrogen-bond donors (Lipinski definition) is 2. The quantitative estimate of drug-likeness (QED) is 0.237. The average molecular weight is 458 g/mol.